The van der Waals surface area contributed by atoms with Gasteiger partial charge in [-0.2, -0.15) is 0 Å². The Balaban J connectivity index is 1.06. The van der Waals surface area contributed by atoms with Crippen LogP contribution in [0.15, 0.2) is 212 Å². The average Bonchev–Trinajstić information content (AvgIpc) is 3.81. The fourth-order valence-electron chi connectivity index (χ4n) is 9.34. The van der Waals surface area contributed by atoms with Crippen molar-refractivity contribution < 1.29 is 0 Å². The fourth-order valence-corrected chi connectivity index (χ4v) is 9.34. The summed E-state index contributed by atoms with van der Waals surface area (Å²) in [5.74, 6) is 0.355. The lowest BCUT2D eigenvalue weighted by Crippen LogP contribution is -2.02. The Kier molecular flexibility index (Phi) is 8.40. The molecule has 0 unspecified atom stereocenters. The Morgan fingerprint density at radius 1 is 0.379 bits per heavy atom. The number of aryl methyl sites for hydroxylation is 1. The minimum absolute atomic E-state index is 0.355. The van der Waals surface area contributed by atoms with Crippen LogP contribution in [0.3, 0.4) is 0 Å². The molecular weight excluding hydrogens is 701 g/mol. The standard InChI is InChI=1S/C56H40N2/c1-3-16-39(17-4-1)53-35-43(36-54(57-53)40-18-5-2-6-19-40)41-20-15-21-42(34-41)52-37-44(58-55-28-13-11-26-50(55)51-27-12-14-29-56(51)58)32-30-38(52)31-33-49-47-24-9-7-22-45(47)46-23-8-10-25-48(46)49/h1-30,32,34-37,49H,31,33H2. The molecule has 2 nitrogen and oxygen atoms in total. The average molecular weight is 741 g/mol. The van der Waals surface area contributed by atoms with Crippen LogP contribution in [0, 0.1) is 0 Å². The normalized spacial score (nSPS) is 12.2. The molecule has 10 aromatic rings. The Bertz CT molecular complexity index is 2960. The second-order valence-corrected chi connectivity index (χ2v) is 15.4. The largest absolute Gasteiger partial charge is 0.309 e. The summed E-state index contributed by atoms with van der Waals surface area (Å²) in [6.07, 6.45) is 1.98. The van der Waals surface area contributed by atoms with Crippen LogP contribution < -0.4 is 0 Å². The molecule has 11 rings (SSSR count). The lowest BCUT2D eigenvalue weighted by Gasteiger charge is -2.18. The van der Waals surface area contributed by atoms with E-state index in [-0.39, 0.29) is 0 Å². The van der Waals surface area contributed by atoms with Gasteiger partial charge < -0.3 is 4.57 Å². The second-order valence-electron chi connectivity index (χ2n) is 15.4. The van der Waals surface area contributed by atoms with E-state index < -0.39 is 0 Å². The van der Waals surface area contributed by atoms with Crippen LogP contribution >= 0.6 is 0 Å². The summed E-state index contributed by atoms with van der Waals surface area (Å²) in [5.41, 5.74) is 19.5. The summed E-state index contributed by atoms with van der Waals surface area (Å²) in [6.45, 7) is 0. The van der Waals surface area contributed by atoms with E-state index in [9.17, 15) is 0 Å². The van der Waals surface area contributed by atoms with Crippen LogP contribution in [0.2, 0.25) is 0 Å². The summed E-state index contributed by atoms with van der Waals surface area (Å²) in [5, 5.41) is 2.54. The van der Waals surface area contributed by atoms with Crippen molar-refractivity contribution in [1.82, 2.24) is 9.55 Å². The van der Waals surface area contributed by atoms with Gasteiger partial charge in [0.1, 0.15) is 0 Å². The molecule has 0 amide bonds. The predicted octanol–water partition coefficient (Wildman–Crippen LogP) is 14.6. The molecule has 2 aromatic heterocycles. The molecule has 0 bridgehead atoms. The maximum atomic E-state index is 5.18. The molecule has 2 heterocycles. The van der Waals surface area contributed by atoms with Crippen LogP contribution in [-0.2, 0) is 6.42 Å². The van der Waals surface area contributed by atoms with Crippen molar-refractivity contribution in [3.8, 4) is 61.6 Å². The molecule has 0 saturated heterocycles. The number of para-hydroxylation sites is 2. The number of hydrogen-bond acceptors (Lipinski definition) is 1. The van der Waals surface area contributed by atoms with Crippen molar-refractivity contribution in [2.24, 2.45) is 0 Å². The molecule has 0 spiro atoms. The first kappa shape index (κ1) is 34.0. The number of benzene rings is 8. The first-order valence-corrected chi connectivity index (χ1v) is 20.3. The number of nitrogens with zero attached hydrogens (tertiary/aromatic N) is 2. The first-order chi connectivity index (χ1) is 28.8. The van der Waals surface area contributed by atoms with Crippen molar-refractivity contribution in [2.45, 2.75) is 18.8 Å². The van der Waals surface area contributed by atoms with E-state index in [2.05, 4.69) is 217 Å². The molecule has 0 radical (unpaired) electrons. The van der Waals surface area contributed by atoms with Gasteiger partial charge in [0.2, 0.25) is 0 Å². The molecule has 1 aliphatic carbocycles. The number of fused-ring (bicyclic) bond motifs is 6. The first-order valence-electron chi connectivity index (χ1n) is 20.3. The van der Waals surface area contributed by atoms with Gasteiger partial charge in [-0.05, 0) is 105 Å². The van der Waals surface area contributed by atoms with Gasteiger partial charge in [0.25, 0.3) is 0 Å². The maximum Gasteiger partial charge on any atom is 0.0715 e. The van der Waals surface area contributed by atoms with E-state index in [0.29, 0.717) is 5.92 Å². The molecule has 0 N–H and O–H groups in total. The third kappa shape index (κ3) is 5.93. The molecule has 2 heteroatoms. The second kappa shape index (κ2) is 14.3. The van der Waals surface area contributed by atoms with Gasteiger partial charge >= 0.3 is 0 Å². The maximum absolute atomic E-state index is 5.18. The van der Waals surface area contributed by atoms with E-state index in [1.54, 1.807) is 0 Å². The molecule has 0 fully saturated rings. The fraction of sp³-hybridized carbons (Fsp3) is 0.0536. The van der Waals surface area contributed by atoms with Crippen molar-refractivity contribution >= 4 is 21.8 Å². The lowest BCUT2D eigenvalue weighted by atomic mass is 9.87. The van der Waals surface area contributed by atoms with Gasteiger partial charge in [-0.1, -0.05) is 170 Å². The minimum atomic E-state index is 0.355. The van der Waals surface area contributed by atoms with Gasteiger partial charge in [0, 0.05) is 33.5 Å². The summed E-state index contributed by atoms with van der Waals surface area (Å²) in [7, 11) is 0. The quantitative estimate of drug-likeness (QED) is 0.152. The highest BCUT2D eigenvalue weighted by molar-refractivity contribution is 6.09. The molecule has 1 aliphatic rings. The Morgan fingerprint density at radius 2 is 0.897 bits per heavy atom. The van der Waals surface area contributed by atoms with Crippen LogP contribution in [0.5, 0.6) is 0 Å². The number of rotatable bonds is 8. The zero-order valence-electron chi connectivity index (χ0n) is 32.1. The van der Waals surface area contributed by atoms with Crippen molar-refractivity contribution in [2.75, 3.05) is 0 Å². The molecule has 274 valence electrons. The van der Waals surface area contributed by atoms with Gasteiger partial charge in [0.15, 0.2) is 0 Å². The zero-order chi connectivity index (χ0) is 38.4. The number of hydrogen-bond donors (Lipinski definition) is 0. The molecule has 0 aliphatic heterocycles. The Labute approximate surface area is 339 Å². The van der Waals surface area contributed by atoms with Gasteiger partial charge in [0.05, 0.1) is 22.4 Å². The summed E-state index contributed by atoms with van der Waals surface area (Å²) in [6, 6.07) is 77.3. The topological polar surface area (TPSA) is 17.8 Å². The highest BCUT2D eigenvalue weighted by Gasteiger charge is 2.28. The Morgan fingerprint density at radius 3 is 1.52 bits per heavy atom. The van der Waals surface area contributed by atoms with Crippen molar-refractivity contribution in [1.29, 1.82) is 0 Å². The van der Waals surface area contributed by atoms with Crippen LogP contribution in [0.25, 0.3) is 83.4 Å². The summed E-state index contributed by atoms with van der Waals surface area (Å²) >= 11 is 0. The minimum Gasteiger partial charge on any atom is -0.309 e. The summed E-state index contributed by atoms with van der Waals surface area (Å²) < 4.78 is 2.44. The van der Waals surface area contributed by atoms with Gasteiger partial charge in [-0.3, -0.25) is 0 Å². The predicted molar refractivity (Wildman–Crippen MR) is 242 cm³/mol. The van der Waals surface area contributed by atoms with E-state index in [4.69, 9.17) is 4.98 Å². The molecule has 8 aromatic carbocycles. The van der Waals surface area contributed by atoms with Crippen molar-refractivity contribution in [3.05, 3.63) is 229 Å². The van der Waals surface area contributed by atoms with E-state index in [1.807, 2.05) is 0 Å². The highest BCUT2D eigenvalue weighted by atomic mass is 15.0. The molecule has 58 heavy (non-hydrogen) atoms. The van der Waals surface area contributed by atoms with Crippen LogP contribution in [-0.4, -0.2) is 9.55 Å². The lowest BCUT2D eigenvalue weighted by molar-refractivity contribution is 0.730. The molecular formula is C56H40N2. The van der Waals surface area contributed by atoms with Crippen molar-refractivity contribution in [3.63, 3.8) is 0 Å². The van der Waals surface area contributed by atoms with E-state index in [0.717, 1.165) is 40.9 Å². The molecule has 0 saturated carbocycles. The monoisotopic (exact) mass is 740 g/mol. The van der Waals surface area contributed by atoms with Crippen LogP contribution in [0.4, 0.5) is 0 Å². The van der Waals surface area contributed by atoms with Crippen LogP contribution in [0.1, 0.15) is 29.0 Å². The zero-order valence-corrected chi connectivity index (χ0v) is 32.1. The van der Waals surface area contributed by atoms with E-state index in [1.165, 1.54) is 72.0 Å². The summed E-state index contributed by atoms with van der Waals surface area (Å²) in [4.78, 5) is 5.18. The SMILES string of the molecule is c1ccc(-c2cc(-c3cccc(-c4cc(-n5c6ccccc6c6ccccc65)ccc4CCC4c5ccccc5-c5ccccc54)c3)cc(-c3ccccc3)n2)cc1. The van der Waals surface area contributed by atoms with Gasteiger partial charge in [-0.15, -0.1) is 0 Å². The highest BCUT2D eigenvalue weighted by Crippen LogP contribution is 2.47. The third-order valence-corrected chi connectivity index (χ3v) is 12.1. The van der Waals surface area contributed by atoms with E-state index >= 15 is 0 Å². The van der Waals surface area contributed by atoms with Gasteiger partial charge in [-0.25, -0.2) is 4.98 Å². The number of aromatic nitrogens is 2. The Hall–Kier alpha value is -7.29. The smallest absolute Gasteiger partial charge is 0.0715 e. The number of pyridine rings is 1. The molecule has 0 atom stereocenters. The third-order valence-electron chi connectivity index (χ3n) is 12.1.